The van der Waals surface area contributed by atoms with Gasteiger partial charge in [-0.25, -0.2) is 9.97 Å². The first-order chi connectivity index (χ1) is 13.2. The number of hydrogen-bond donors (Lipinski definition) is 1. The average molecular weight is 381 g/mol. The first kappa shape index (κ1) is 16.4. The van der Waals surface area contributed by atoms with Crippen LogP contribution in [0.15, 0.2) is 29.9 Å². The van der Waals surface area contributed by atoms with Gasteiger partial charge in [0.1, 0.15) is 5.82 Å². The van der Waals surface area contributed by atoms with Crippen molar-refractivity contribution < 1.29 is 4.79 Å². The fourth-order valence-electron chi connectivity index (χ4n) is 4.10. The number of imidazole rings is 1. The lowest BCUT2D eigenvalue weighted by Crippen LogP contribution is -2.51. The van der Waals surface area contributed by atoms with Gasteiger partial charge in [0.15, 0.2) is 11.5 Å². The zero-order valence-electron chi connectivity index (χ0n) is 14.9. The van der Waals surface area contributed by atoms with Gasteiger partial charge >= 0.3 is 0 Å². The van der Waals surface area contributed by atoms with Crippen molar-refractivity contribution in [2.45, 2.75) is 31.7 Å². The predicted molar refractivity (Wildman–Crippen MR) is 101 cm³/mol. The van der Waals surface area contributed by atoms with Crippen molar-refractivity contribution in [3.8, 4) is 5.82 Å². The Hall–Kier alpha value is -2.81. The molecule has 1 fully saturated rings. The lowest BCUT2D eigenvalue weighted by molar-refractivity contribution is 0.0670. The maximum absolute atomic E-state index is 12.6. The van der Waals surface area contributed by atoms with Crippen molar-refractivity contribution in [2.75, 3.05) is 18.4 Å². The van der Waals surface area contributed by atoms with Crippen molar-refractivity contribution in [1.82, 2.24) is 29.0 Å². The number of aromatic nitrogens is 5. The van der Waals surface area contributed by atoms with Crippen LogP contribution in [-0.4, -0.2) is 48.0 Å². The Labute approximate surface area is 160 Å². The summed E-state index contributed by atoms with van der Waals surface area (Å²) in [6, 6.07) is 4.01. The number of rotatable bonds is 2. The summed E-state index contributed by atoms with van der Waals surface area (Å²) in [6.45, 7) is 3.42. The number of fused-ring (bicyclic) bond motifs is 4. The third kappa shape index (κ3) is 2.45. The van der Waals surface area contributed by atoms with Crippen LogP contribution >= 0.6 is 11.5 Å². The Balaban J connectivity index is 1.48. The van der Waals surface area contributed by atoms with Crippen LogP contribution in [0, 0.1) is 0 Å². The standard InChI is InChI=1S/C18H19N7OS/c1-2-15-20-10-14-18(21-12-4-3-7-19-16(12)25(14)15)5-8-24(9-6-18)17(26)13-11-27-23-22-13/h3-4,7,10-11,21H,2,5-6,8-9H2,1H3. The topological polar surface area (TPSA) is 88.8 Å². The number of pyridine rings is 1. The molecule has 2 aliphatic rings. The number of amides is 1. The van der Waals surface area contributed by atoms with Gasteiger partial charge in [-0.3, -0.25) is 9.36 Å². The van der Waals surface area contributed by atoms with E-state index in [4.69, 9.17) is 0 Å². The van der Waals surface area contributed by atoms with Gasteiger partial charge < -0.3 is 10.2 Å². The number of likely N-dealkylation sites (tertiary alicyclic amines) is 1. The van der Waals surface area contributed by atoms with E-state index in [1.54, 1.807) is 5.38 Å². The second-order valence-electron chi connectivity index (χ2n) is 6.91. The number of anilines is 1. The van der Waals surface area contributed by atoms with E-state index in [-0.39, 0.29) is 11.4 Å². The van der Waals surface area contributed by atoms with Crippen molar-refractivity contribution in [1.29, 1.82) is 0 Å². The lowest BCUT2D eigenvalue weighted by Gasteiger charge is -2.45. The Morgan fingerprint density at radius 3 is 2.93 bits per heavy atom. The molecule has 1 saturated heterocycles. The molecule has 27 heavy (non-hydrogen) atoms. The van der Waals surface area contributed by atoms with E-state index in [1.165, 1.54) is 11.5 Å². The third-order valence-corrected chi connectivity index (χ3v) is 6.00. The number of nitrogens with zero attached hydrogens (tertiary/aromatic N) is 6. The monoisotopic (exact) mass is 381 g/mol. The van der Waals surface area contributed by atoms with E-state index >= 15 is 0 Å². The highest BCUT2D eigenvalue weighted by Crippen LogP contribution is 2.43. The van der Waals surface area contributed by atoms with Gasteiger partial charge in [0.25, 0.3) is 5.91 Å². The summed E-state index contributed by atoms with van der Waals surface area (Å²) in [5.41, 5.74) is 2.34. The van der Waals surface area contributed by atoms with Crippen molar-refractivity contribution in [3.05, 3.63) is 47.1 Å². The highest BCUT2D eigenvalue weighted by molar-refractivity contribution is 7.03. The van der Waals surface area contributed by atoms with Gasteiger partial charge in [0.05, 0.1) is 23.1 Å². The molecule has 0 saturated carbocycles. The molecule has 2 aliphatic heterocycles. The molecule has 0 radical (unpaired) electrons. The number of nitrogens with one attached hydrogen (secondary N) is 1. The number of carbonyl (C=O) groups excluding carboxylic acids is 1. The summed E-state index contributed by atoms with van der Waals surface area (Å²) < 4.78 is 5.99. The zero-order chi connectivity index (χ0) is 18.4. The molecule has 0 atom stereocenters. The molecule has 0 unspecified atom stereocenters. The second-order valence-corrected chi connectivity index (χ2v) is 7.52. The highest BCUT2D eigenvalue weighted by atomic mass is 32.1. The Morgan fingerprint density at radius 2 is 2.19 bits per heavy atom. The minimum atomic E-state index is -0.243. The van der Waals surface area contributed by atoms with Gasteiger partial charge in [0.2, 0.25) is 0 Å². The summed E-state index contributed by atoms with van der Waals surface area (Å²) in [4.78, 5) is 23.7. The molecular formula is C18H19N7OS. The van der Waals surface area contributed by atoms with E-state index in [1.807, 2.05) is 23.4 Å². The molecule has 1 spiro atoms. The van der Waals surface area contributed by atoms with E-state index in [9.17, 15) is 4.79 Å². The summed E-state index contributed by atoms with van der Waals surface area (Å²) in [7, 11) is 0. The Bertz CT molecular complexity index is 989. The average Bonchev–Trinajstić information content (AvgIpc) is 3.39. The molecule has 0 aliphatic carbocycles. The van der Waals surface area contributed by atoms with Crippen molar-refractivity contribution in [3.63, 3.8) is 0 Å². The summed E-state index contributed by atoms with van der Waals surface area (Å²) in [5.74, 6) is 1.87. The third-order valence-electron chi connectivity index (χ3n) is 5.50. The van der Waals surface area contributed by atoms with Gasteiger partial charge in [-0.2, -0.15) is 0 Å². The number of carbonyl (C=O) groups is 1. The van der Waals surface area contributed by atoms with E-state index in [0.29, 0.717) is 18.8 Å². The Kier molecular flexibility index (Phi) is 3.71. The fourth-order valence-corrected chi connectivity index (χ4v) is 4.53. The predicted octanol–water partition coefficient (Wildman–Crippen LogP) is 2.24. The fraction of sp³-hybridized carbons (Fsp3) is 0.389. The first-order valence-electron chi connectivity index (χ1n) is 9.09. The first-order valence-corrected chi connectivity index (χ1v) is 9.92. The normalized spacial score (nSPS) is 17.3. The molecule has 9 heteroatoms. The highest BCUT2D eigenvalue weighted by Gasteiger charge is 2.44. The molecule has 3 aromatic heterocycles. The van der Waals surface area contributed by atoms with Crippen LogP contribution in [0.2, 0.25) is 0 Å². The van der Waals surface area contributed by atoms with Crippen LogP contribution < -0.4 is 5.32 Å². The lowest BCUT2D eigenvalue weighted by atomic mass is 9.82. The van der Waals surface area contributed by atoms with Crippen LogP contribution in [0.5, 0.6) is 0 Å². The van der Waals surface area contributed by atoms with Crippen LogP contribution in [0.25, 0.3) is 5.82 Å². The van der Waals surface area contributed by atoms with Gasteiger partial charge in [0, 0.05) is 31.1 Å². The van der Waals surface area contributed by atoms with Crippen LogP contribution in [0.1, 0.15) is 41.8 Å². The molecular weight excluding hydrogens is 362 g/mol. The Morgan fingerprint density at radius 1 is 1.33 bits per heavy atom. The molecule has 138 valence electrons. The molecule has 8 nitrogen and oxygen atoms in total. The minimum absolute atomic E-state index is 0.0424. The van der Waals surface area contributed by atoms with Gasteiger partial charge in [-0.15, -0.1) is 5.10 Å². The van der Waals surface area contributed by atoms with Crippen LogP contribution in [0.4, 0.5) is 5.69 Å². The van der Waals surface area contributed by atoms with E-state index < -0.39 is 0 Å². The molecule has 5 heterocycles. The van der Waals surface area contributed by atoms with Gasteiger partial charge in [-0.1, -0.05) is 11.4 Å². The molecule has 5 rings (SSSR count). The molecule has 0 aromatic carbocycles. The number of piperidine rings is 1. The molecule has 1 amide bonds. The minimum Gasteiger partial charge on any atom is -0.371 e. The van der Waals surface area contributed by atoms with Crippen LogP contribution in [0.3, 0.4) is 0 Å². The maximum Gasteiger partial charge on any atom is 0.275 e. The van der Waals surface area contributed by atoms with Crippen LogP contribution in [-0.2, 0) is 12.0 Å². The second kappa shape index (κ2) is 6.12. The summed E-state index contributed by atoms with van der Waals surface area (Å²) in [5, 5.41) is 9.33. The van der Waals surface area contributed by atoms with Crippen molar-refractivity contribution >= 4 is 23.1 Å². The molecule has 0 bridgehead atoms. The summed E-state index contributed by atoms with van der Waals surface area (Å²) >= 11 is 1.20. The van der Waals surface area contributed by atoms with E-state index in [2.05, 4.69) is 42.4 Å². The smallest absolute Gasteiger partial charge is 0.275 e. The van der Waals surface area contributed by atoms with Gasteiger partial charge in [-0.05, 0) is 36.5 Å². The quantitative estimate of drug-likeness (QED) is 0.732. The number of aryl methyl sites for hydroxylation is 1. The zero-order valence-corrected chi connectivity index (χ0v) is 15.7. The molecule has 1 N–H and O–H groups in total. The number of hydrogen-bond acceptors (Lipinski definition) is 7. The maximum atomic E-state index is 12.6. The van der Waals surface area contributed by atoms with Crippen molar-refractivity contribution in [2.24, 2.45) is 0 Å². The molecule has 3 aromatic rings. The van der Waals surface area contributed by atoms with E-state index in [0.717, 1.165) is 42.3 Å². The summed E-state index contributed by atoms with van der Waals surface area (Å²) in [6.07, 6.45) is 6.22. The SMILES string of the molecule is CCc1ncc2n1-c1ncccc1NC21CCN(C(=O)c2csnn2)CC1. The largest absolute Gasteiger partial charge is 0.371 e.